The molecular formula is C10H14F3NOS. The molecule has 0 amide bonds. The lowest BCUT2D eigenvalue weighted by molar-refractivity contribution is -0.231. The number of rotatable bonds is 1. The van der Waals surface area contributed by atoms with Crippen LogP contribution in [0.4, 0.5) is 13.2 Å². The first kappa shape index (κ1) is 12.1. The van der Waals surface area contributed by atoms with Gasteiger partial charge in [-0.2, -0.15) is 13.2 Å². The van der Waals surface area contributed by atoms with E-state index in [1.165, 1.54) is 0 Å². The minimum atomic E-state index is -4.31. The fourth-order valence-electron chi connectivity index (χ4n) is 2.36. The highest BCUT2D eigenvalue weighted by molar-refractivity contribution is 7.80. The molecule has 6 heteroatoms. The van der Waals surface area contributed by atoms with E-state index in [1.54, 1.807) is 0 Å². The second-order valence-electron chi connectivity index (χ2n) is 4.38. The molecule has 0 unspecified atom stereocenters. The topological polar surface area (TPSA) is 21.3 Å². The van der Waals surface area contributed by atoms with Crippen molar-refractivity contribution < 1.29 is 17.9 Å². The SMILES string of the molecule is FC(F)(F)[C@H]1CNC(=S)[C@@H](C2CCCC2)O1. The van der Waals surface area contributed by atoms with Gasteiger partial charge in [-0.1, -0.05) is 25.1 Å². The summed E-state index contributed by atoms with van der Waals surface area (Å²) in [5.41, 5.74) is 0. The van der Waals surface area contributed by atoms with Crippen LogP contribution in [0.15, 0.2) is 0 Å². The third-order valence-corrected chi connectivity index (χ3v) is 3.60. The lowest BCUT2D eigenvalue weighted by Gasteiger charge is -2.35. The highest BCUT2D eigenvalue weighted by Gasteiger charge is 2.46. The van der Waals surface area contributed by atoms with Gasteiger partial charge in [-0.05, 0) is 18.8 Å². The molecular weight excluding hydrogens is 239 g/mol. The molecule has 1 saturated heterocycles. The molecule has 16 heavy (non-hydrogen) atoms. The third-order valence-electron chi connectivity index (χ3n) is 3.22. The van der Waals surface area contributed by atoms with E-state index in [-0.39, 0.29) is 12.5 Å². The largest absolute Gasteiger partial charge is 0.416 e. The molecule has 2 atom stereocenters. The molecule has 1 saturated carbocycles. The van der Waals surface area contributed by atoms with Gasteiger partial charge >= 0.3 is 6.18 Å². The fourth-order valence-corrected chi connectivity index (χ4v) is 2.69. The van der Waals surface area contributed by atoms with Crippen molar-refractivity contribution in [3.63, 3.8) is 0 Å². The first-order chi connectivity index (χ1) is 7.48. The third kappa shape index (κ3) is 2.48. The van der Waals surface area contributed by atoms with Crippen LogP contribution in [0.3, 0.4) is 0 Å². The van der Waals surface area contributed by atoms with Crippen molar-refractivity contribution in [2.75, 3.05) is 6.54 Å². The maximum absolute atomic E-state index is 12.5. The molecule has 0 aromatic carbocycles. The Bertz CT molecular complexity index is 276. The number of hydrogen-bond acceptors (Lipinski definition) is 2. The summed E-state index contributed by atoms with van der Waals surface area (Å²) < 4.78 is 42.7. The lowest BCUT2D eigenvalue weighted by Crippen LogP contribution is -2.55. The molecule has 0 aromatic heterocycles. The summed E-state index contributed by atoms with van der Waals surface area (Å²) in [6.07, 6.45) is -2.62. The van der Waals surface area contributed by atoms with Crippen LogP contribution in [-0.2, 0) is 4.74 Å². The molecule has 1 N–H and O–H groups in total. The van der Waals surface area contributed by atoms with Crippen LogP contribution >= 0.6 is 12.2 Å². The Hall–Kier alpha value is -0.360. The molecule has 2 aliphatic rings. The Morgan fingerprint density at radius 2 is 1.88 bits per heavy atom. The molecule has 1 aliphatic carbocycles. The number of nitrogens with one attached hydrogen (secondary N) is 1. The molecule has 2 nitrogen and oxygen atoms in total. The van der Waals surface area contributed by atoms with Crippen LogP contribution in [0, 0.1) is 5.92 Å². The van der Waals surface area contributed by atoms with Crippen LogP contribution in [0.25, 0.3) is 0 Å². The summed E-state index contributed by atoms with van der Waals surface area (Å²) in [7, 11) is 0. The minimum absolute atomic E-state index is 0.158. The normalized spacial score (nSPS) is 32.8. The van der Waals surface area contributed by atoms with E-state index in [0.717, 1.165) is 25.7 Å². The molecule has 1 heterocycles. The van der Waals surface area contributed by atoms with Gasteiger partial charge < -0.3 is 10.1 Å². The van der Waals surface area contributed by atoms with Gasteiger partial charge in [0, 0.05) is 0 Å². The molecule has 2 rings (SSSR count). The van der Waals surface area contributed by atoms with Gasteiger partial charge in [0.1, 0.15) is 11.1 Å². The fraction of sp³-hybridized carbons (Fsp3) is 0.900. The van der Waals surface area contributed by atoms with Gasteiger partial charge in [-0.3, -0.25) is 0 Å². The van der Waals surface area contributed by atoms with E-state index in [2.05, 4.69) is 5.32 Å². The Morgan fingerprint density at radius 1 is 1.25 bits per heavy atom. The van der Waals surface area contributed by atoms with Crippen molar-refractivity contribution in [2.24, 2.45) is 5.92 Å². The lowest BCUT2D eigenvalue weighted by atomic mass is 9.99. The van der Waals surface area contributed by atoms with E-state index < -0.39 is 18.4 Å². The van der Waals surface area contributed by atoms with Gasteiger partial charge in [-0.15, -0.1) is 0 Å². The van der Waals surface area contributed by atoms with Crippen molar-refractivity contribution in [1.29, 1.82) is 0 Å². The van der Waals surface area contributed by atoms with Crippen molar-refractivity contribution in [1.82, 2.24) is 5.32 Å². The summed E-state index contributed by atoms with van der Waals surface area (Å²) in [5, 5.41) is 2.65. The van der Waals surface area contributed by atoms with E-state index >= 15 is 0 Å². The summed E-state index contributed by atoms with van der Waals surface area (Å²) in [5.74, 6) is 0.158. The van der Waals surface area contributed by atoms with Crippen LogP contribution < -0.4 is 5.32 Å². The highest BCUT2D eigenvalue weighted by Crippen LogP contribution is 2.34. The monoisotopic (exact) mass is 253 g/mol. The van der Waals surface area contributed by atoms with Crippen LogP contribution in [0.2, 0.25) is 0 Å². The number of thiocarbonyl (C=S) groups is 1. The molecule has 92 valence electrons. The highest BCUT2D eigenvalue weighted by atomic mass is 32.1. The maximum atomic E-state index is 12.5. The zero-order valence-corrected chi connectivity index (χ0v) is 9.53. The second kappa shape index (κ2) is 4.49. The molecule has 0 bridgehead atoms. The molecule has 2 fully saturated rings. The Balaban J connectivity index is 2.02. The summed E-state index contributed by atoms with van der Waals surface area (Å²) >= 11 is 5.04. The predicted octanol–water partition coefficient (Wildman–Crippen LogP) is 2.42. The Morgan fingerprint density at radius 3 is 2.44 bits per heavy atom. The maximum Gasteiger partial charge on any atom is 0.416 e. The number of ether oxygens (including phenoxy) is 1. The first-order valence-corrected chi connectivity index (χ1v) is 5.89. The summed E-state index contributed by atoms with van der Waals surface area (Å²) in [4.78, 5) is 0.437. The molecule has 1 aliphatic heterocycles. The number of halogens is 3. The summed E-state index contributed by atoms with van der Waals surface area (Å²) in [6.45, 7) is -0.258. The predicted molar refractivity (Wildman–Crippen MR) is 57.3 cm³/mol. The van der Waals surface area contributed by atoms with Gasteiger partial charge in [0.15, 0.2) is 6.10 Å². The average Bonchev–Trinajstić information content (AvgIpc) is 2.69. The van der Waals surface area contributed by atoms with Crippen LogP contribution in [0.1, 0.15) is 25.7 Å². The number of alkyl halides is 3. The van der Waals surface area contributed by atoms with E-state index in [9.17, 15) is 13.2 Å². The van der Waals surface area contributed by atoms with Gasteiger partial charge in [0.05, 0.1) is 6.54 Å². The van der Waals surface area contributed by atoms with E-state index in [1.807, 2.05) is 0 Å². The number of morpholine rings is 1. The Kier molecular flexibility index (Phi) is 3.39. The average molecular weight is 253 g/mol. The standard InChI is InChI=1S/C10H14F3NOS/c11-10(12,13)7-5-14-9(16)8(15-7)6-3-1-2-4-6/h6-8H,1-5H2,(H,14,16)/t7-,8-/m1/s1. The zero-order valence-electron chi connectivity index (χ0n) is 8.72. The van der Waals surface area contributed by atoms with Crippen molar-refractivity contribution in [2.45, 2.75) is 44.1 Å². The second-order valence-corrected chi connectivity index (χ2v) is 4.82. The Labute approximate surface area is 97.5 Å². The van der Waals surface area contributed by atoms with Crippen LogP contribution in [-0.4, -0.2) is 29.9 Å². The van der Waals surface area contributed by atoms with E-state index in [0.29, 0.717) is 4.99 Å². The zero-order chi connectivity index (χ0) is 11.8. The smallest absolute Gasteiger partial charge is 0.375 e. The first-order valence-electron chi connectivity index (χ1n) is 5.48. The quantitative estimate of drug-likeness (QED) is 0.725. The van der Waals surface area contributed by atoms with Crippen molar-refractivity contribution in [3.05, 3.63) is 0 Å². The van der Waals surface area contributed by atoms with Crippen molar-refractivity contribution >= 4 is 17.2 Å². The van der Waals surface area contributed by atoms with Crippen molar-refractivity contribution in [3.8, 4) is 0 Å². The van der Waals surface area contributed by atoms with Crippen LogP contribution in [0.5, 0.6) is 0 Å². The molecule has 0 radical (unpaired) electrons. The number of hydrogen-bond donors (Lipinski definition) is 1. The van der Waals surface area contributed by atoms with Gasteiger partial charge in [0.25, 0.3) is 0 Å². The van der Waals surface area contributed by atoms with Gasteiger partial charge in [0.2, 0.25) is 0 Å². The molecule has 0 spiro atoms. The minimum Gasteiger partial charge on any atom is -0.375 e. The molecule has 0 aromatic rings. The van der Waals surface area contributed by atoms with E-state index in [4.69, 9.17) is 17.0 Å². The van der Waals surface area contributed by atoms with Gasteiger partial charge in [-0.25, -0.2) is 0 Å². The summed E-state index contributed by atoms with van der Waals surface area (Å²) in [6, 6.07) is 0.